The lowest BCUT2D eigenvalue weighted by Crippen LogP contribution is -2.53. The Morgan fingerprint density at radius 3 is 2.29 bits per heavy atom. The van der Waals surface area contributed by atoms with Gasteiger partial charge in [0.2, 0.25) is 11.8 Å². The maximum Gasteiger partial charge on any atom is 0.245 e. The number of rotatable bonds is 8. The summed E-state index contributed by atoms with van der Waals surface area (Å²) >= 11 is 0. The van der Waals surface area contributed by atoms with E-state index in [4.69, 9.17) is 11.5 Å². The summed E-state index contributed by atoms with van der Waals surface area (Å²) in [5.74, 6) is -0.822. The number of aliphatic hydroxyl groups is 1. The van der Waals surface area contributed by atoms with Crippen molar-refractivity contribution in [2.45, 2.75) is 64.6 Å². The number of hydrogen-bond donors (Lipinski definition) is 4. The van der Waals surface area contributed by atoms with Gasteiger partial charge in [0.15, 0.2) is 5.96 Å². The van der Waals surface area contributed by atoms with Crippen molar-refractivity contribution in [3.8, 4) is 0 Å². The highest BCUT2D eigenvalue weighted by atomic mass is 16.3. The number of carbonyl (C=O) groups excluding carboxylic acids is 2. The molecule has 6 N–H and O–H groups in total. The van der Waals surface area contributed by atoms with Gasteiger partial charge in [0, 0.05) is 25.9 Å². The van der Waals surface area contributed by atoms with Crippen LogP contribution in [0.25, 0.3) is 0 Å². The lowest BCUT2D eigenvalue weighted by molar-refractivity contribution is -0.138. The van der Waals surface area contributed by atoms with Crippen molar-refractivity contribution >= 4 is 17.8 Å². The molecule has 0 aliphatic heterocycles. The second-order valence-electron chi connectivity index (χ2n) is 6.41. The summed E-state index contributed by atoms with van der Waals surface area (Å²) in [4.78, 5) is 30.6. The van der Waals surface area contributed by atoms with E-state index in [2.05, 4.69) is 10.3 Å². The minimum Gasteiger partial charge on any atom is -0.393 e. The molecule has 1 aliphatic carbocycles. The number of hydrogen-bond acceptors (Lipinski definition) is 4. The molecule has 0 bridgehead atoms. The van der Waals surface area contributed by atoms with Gasteiger partial charge in [-0.1, -0.05) is 13.8 Å². The van der Waals surface area contributed by atoms with Crippen LogP contribution in [0.3, 0.4) is 0 Å². The van der Waals surface area contributed by atoms with Crippen molar-refractivity contribution in [3.05, 3.63) is 0 Å². The monoisotopic (exact) mass is 341 g/mol. The normalized spacial score (nSPS) is 24.2. The highest BCUT2D eigenvalue weighted by Gasteiger charge is 2.43. The van der Waals surface area contributed by atoms with Gasteiger partial charge < -0.3 is 26.8 Å². The molecule has 0 aromatic rings. The number of nitrogens with two attached hydrogens (primary N) is 2. The molecule has 1 unspecified atom stereocenters. The number of carbonyl (C=O) groups is 2. The van der Waals surface area contributed by atoms with Gasteiger partial charge in [0.1, 0.15) is 6.04 Å². The van der Waals surface area contributed by atoms with Crippen LogP contribution in [0, 0.1) is 5.92 Å². The van der Waals surface area contributed by atoms with Crippen molar-refractivity contribution in [1.29, 1.82) is 0 Å². The maximum atomic E-state index is 13.0. The van der Waals surface area contributed by atoms with Gasteiger partial charge in [-0.3, -0.25) is 9.59 Å². The molecule has 1 rings (SSSR count). The van der Waals surface area contributed by atoms with E-state index in [1.165, 1.54) is 6.92 Å². The van der Waals surface area contributed by atoms with Crippen molar-refractivity contribution in [3.63, 3.8) is 0 Å². The van der Waals surface area contributed by atoms with Gasteiger partial charge >= 0.3 is 0 Å². The fourth-order valence-electron chi connectivity index (χ4n) is 3.36. The second kappa shape index (κ2) is 9.46. The van der Waals surface area contributed by atoms with E-state index < -0.39 is 12.1 Å². The molecular weight excluding hydrogens is 310 g/mol. The third kappa shape index (κ3) is 5.67. The first-order chi connectivity index (χ1) is 11.3. The number of amides is 2. The molecule has 138 valence electrons. The number of aliphatic hydroxyl groups excluding tert-OH is 1. The maximum absolute atomic E-state index is 13.0. The average molecular weight is 341 g/mol. The number of nitrogens with one attached hydrogen (secondary N) is 1. The van der Waals surface area contributed by atoms with Crippen LogP contribution in [0.4, 0.5) is 0 Å². The van der Waals surface area contributed by atoms with Crippen LogP contribution in [0.2, 0.25) is 0 Å². The van der Waals surface area contributed by atoms with Crippen LogP contribution in [0.1, 0.15) is 46.5 Å². The average Bonchev–Trinajstić information content (AvgIpc) is 2.83. The predicted octanol–water partition coefficient (Wildman–Crippen LogP) is -0.447. The number of guanidine groups is 1. The molecule has 1 aliphatic rings. The zero-order valence-corrected chi connectivity index (χ0v) is 14.9. The summed E-state index contributed by atoms with van der Waals surface area (Å²) in [7, 11) is 0. The van der Waals surface area contributed by atoms with Crippen LogP contribution >= 0.6 is 0 Å². The lowest BCUT2D eigenvalue weighted by atomic mass is 9.93. The smallest absolute Gasteiger partial charge is 0.245 e. The van der Waals surface area contributed by atoms with Gasteiger partial charge in [-0.25, -0.2) is 4.99 Å². The Balaban J connectivity index is 3.07. The van der Waals surface area contributed by atoms with Crippen LogP contribution < -0.4 is 16.8 Å². The summed E-state index contributed by atoms with van der Waals surface area (Å²) in [5.41, 5.74) is 11.0. The van der Waals surface area contributed by atoms with Gasteiger partial charge in [-0.15, -0.1) is 0 Å². The molecule has 2 amide bonds. The Bertz CT molecular complexity index is 459. The van der Waals surface area contributed by atoms with Gasteiger partial charge in [0.25, 0.3) is 0 Å². The minimum absolute atomic E-state index is 0.0768. The van der Waals surface area contributed by atoms with Gasteiger partial charge in [-0.2, -0.15) is 0 Å². The summed E-state index contributed by atoms with van der Waals surface area (Å²) in [6.45, 7) is 6.65. The highest BCUT2D eigenvalue weighted by Crippen LogP contribution is 2.32. The topological polar surface area (TPSA) is 134 Å². The second-order valence-corrected chi connectivity index (χ2v) is 6.41. The van der Waals surface area contributed by atoms with E-state index in [9.17, 15) is 14.7 Å². The Hall–Kier alpha value is -1.83. The fourth-order valence-corrected chi connectivity index (χ4v) is 3.36. The zero-order chi connectivity index (χ0) is 18.3. The summed E-state index contributed by atoms with van der Waals surface area (Å²) < 4.78 is 0. The molecule has 0 radical (unpaired) electrons. The first kappa shape index (κ1) is 20.2. The number of aliphatic imine (C=N–C) groups is 1. The Labute approximate surface area is 143 Å². The molecule has 0 aromatic heterocycles. The molecule has 0 heterocycles. The summed E-state index contributed by atoms with van der Waals surface area (Å²) in [6.07, 6.45) is 1.85. The van der Waals surface area contributed by atoms with Crippen LogP contribution in [0.5, 0.6) is 0 Å². The Morgan fingerprint density at radius 1 is 1.25 bits per heavy atom. The van der Waals surface area contributed by atoms with E-state index in [0.29, 0.717) is 25.9 Å². The van der Waals surface area contributed by atoms with Gasteiger partial charge in [0.05, 0.1) is 12.1 Å². The van der Waals surface area contributed by atoms with Crippen molar-refractivity contribution < 1.29 is 14.7 Å². The lowest BCUT2D eigenvalue weighted by Gasteiger charge is -2.32. The van der Waals surface area contributed by atoms with Gasteiger partial charge in [-0.05, 0) is 25.7 Å². The predicted molar refractivity (Wildman–Crippen MR) is 93.1 cm³/mol. The van der Waals surface area contributed by atoms with Crippen molar-refractivity contribution in [1.82, 2.24) is 10.2 Å². The fraction of sp³-hybridized carbons (Fsp3) is 0.812. The van der Waals surface area contributed by atoms with E-state index in [-0.39, 0.29) is 29.7 Å². The minimum atomic E-state index is -0.731. The zero-order valence-electron chi connectivity index (χ0n) is 14.9. The standard InChI is InChI=1S/C16H31N5O3/c1-4-6-21(7-5-2)15(24)14(19-10(3)22)12-8-11(23)9-13(12)20-16(17)18/h11-14,23H,4-9H2,1-3H3,(H,19,22)(H4,17,18,20)/t11-,12-,13-,14?/m1/s1. The largest absolute Gasteiger partial charge is 0.393 e. The summed E-state index contributed by atoms with van der Waals surface area (Å²) in [5, 5.41) is 12.8. The molecule has 4 atom stereocenters. The summed E-state index contributed by atoms with van der Waals surface area (Å²) in [6, 6.07) is -1.11. The third-order valence-corrected chi connectivity index (χ3v) is 4.22. The molecule has 1 fully saturated rings. The van der Waals surface area contributed by atoms with E-state index >= 15 is 0 Å². The quantitative estimate of drug-likeness (QED) is 0.350. The number of nitrogens with zero attached hydrogens (tertiary/aromatic N) is 2. The molecular formula is C16H31N5O3. The molecule has 24 heavy (non-hydrogen) atoms. The SMILES string of the molecule is CCCN(CCC)C(=O)C(NC(C)=O)[C@@H]1C[C@@H](O)C[C@H]1N=C(N)N. The van der Waals surface area contributed by atoms with Crippen LogP contribution in [-0.4, -0.2) is 59.1 Å². The van der Waals surface area contributed by atoms with Crippen LogP contribution in [-0.2, 0) is 9.59 Å². The molecule has 1 saturated carbocycles. The molecule has 8 nitrogen and oxygen atoms in total. The van der Waals surface area contributed by atoms with E-state index in [0.717, 1.165) is 12.8 Å². The third-order valence-electron chi connectivity index (χ3n) is 4.22. The molecule has 0 aromatic carbocycles. The van der Waals surface area contributed by atoms with E-state index in [1.807, 2.05) is 13.8 Å². The first-order valence-corrected chi connectivity index (χ1v) is 8.62. The Morgan fingerprint density at radius 2 is 1.83 bits per heavy atom. The highest BCUT2D eigenvalue weighted by molar-refractivity contribution is 5.87. The van der Waals surface area contributed by atoms with Crippen molar-refractivity contribution in [2.75, 3.05) is 13.1 Å². The first-order valence-electron chi connectivity index (χ1n) is 8.62. The Kier molecular flexibility index (Phi) is 7.97. The molecule has 0 spiro atoms. The molecule has 0 saturated heterocycles. The van der Waals surface area contributed by atoms with Crippen LogP contribution in [0.15, 0.2) is 4.99 Å². The van der Waals surface area contributed by atoms with E-state index in [1.54, 1.807) is 4.90 Å². The van der Waals surface area contributed by atoms with Crippen molar-refractivity contribution in [2.24, 2.45) is 22.4 Å². The molecule has 8 heteroatoms.